The van der Waals surface area contributed by atoms with E-state index >= 15 is 0 Å². The molecule has 0 spiro atoms. The summed E-state index contributed by atoms with van der Waals surface area (Å²) < 4.78 is 5.50. The molecule has 4 rings (SSSR count). The van der Waals surface area contributed by atoms with Gasteiger partial charge in [0, 0.05) is 17.8 Å². The third-order valence-corrected chi connectivity index (χ3v) is 5.50. The Morgan fingerprint density at radius 2 is 1.38 bits per heavy atom. The number of benzene rings is 2. The number of fused-ring (bicyclic) bond motifs is 2. The van der Waals surface area contributed by atoms with Gasteiger partial charge in [0.2, 0.25) is 5.91 Å². The highest BCUT2D eigenvalue weighted by Crippen LogP contribution is 2.35. The molecule has 2 aliphatic rings. The van der Waals surface area contributed by atoms with Crippen molar-refractivity contribution < 1.29 is 14.3 Å². The molecule has 1 saturated carbocycles. The Hall–Kier alpha value is -2.46. The molecule has 0 aromatic heterocycles. The van der Waals surface area contributed by atoms with Crippen LogP contribution in [0.25, 0.3) is 0 Å². The van der Waals surface area contributed by atoms with E-state index in [1.54, 1.807) is 0 Å². The van der Waals surface area contributed by atoms with Gasteiger partial charge in [-0.25, -0.2) is 0 Å². The van der Waals surface area contributed by atoms with Crippen LogP contribution in [0, 0.1) is 17.8 Å². The maximum absolute atomic E-state index is 13.0. The highest BCUT2D eigenvalue weighted by molar-refractivity contribution is 5.88. The van der Waals surface area contributed by atoms with E-state index in [9.17, 15) is 9.59 Å². The number of Topliss-reactive ketones (excluding diaryl/α,β-unsaturated/α-hetero) is 1. The minimum atomic E-state index is -0.182. The van der Waals surface area contributed by atoms with Gasteiger partial charge in [0.1, 0.15) is 5.78 Å². The SMILES string of the molecule is O=C(NC(c1ccccc1)c1ccccc1)C1CC2COCC(C1)C2=O. The molecule has 2 aromatic rings. The number of rotatable bonds is 4. The minimum absolute atomic E-state index is 0.0344. The topological polar surface area (TPSA) is 55.4 Å². The van der Waals surface area contributed by atoms with E-state index in [1.165, 1.54) is 0 Å². The highest BCUT2D eigenvalue weighted by atomic mass is 16.5. The molecule has 2 atom stereocenters. The van der Waals surface area contributed by atoms with Crippen molar-refractivity contribution in [2.45, 2.75) is 18.9 Å². The Morgan fingerprint density at radius 1 is 0.885 bits per heavy atom. The molecule has 2 bridgehead atoms. The van der Waals surface area contributed by atoms with Crippen LogP contribution in [0.15, 0.2) is 60.7 Å². The zero-order chi connectivity index (χ0) is 17.9. The Kier molecular flexibility index (Phi) is 4.85. The number of nitrogens with one attached hydrogen (secondary N) is 1. The molecule has 1 aliphatic carbocycles. The molecular formula is C22H23NO3. The van der Waals surface area contributed by atoms with Gasteiger partial charge in [0.05, 0.1) is 19.3 Å². The summed E-state index contributed by atoms with van der Waals surface area (Å²) in [6.07, 6.45) is 1.19. The number of ether oxygens (including phenoxy) is 1. The second kappa shape index (κ2) is 7.42. The predicted molar refractivity (Wildman–Crippen MR) is 98.4 cm³/mol. The van der Waals surface area contributed by atoms with Gasteiger partial charge in [-0.05, 0) is 24.0 Å². The van der Waals surface area contributed by atoms with Crippen LogP contribution in [0.4, 0.5) is 0 Å². The van der Waals surface area contributed by atoms with Crippen molar-refractivity contribution in [1.29, 1.82) is 0 Å². The molecule has 134 valence electrons. The van der Waals surface area contributed by atoms with Gasteiger partial charge in [0.15, 0.2) is 0 Å². The minimum Gasteiger partial charge on any atom is -0.380 e. The largest absolute Gasteiger partial charge is 0.380 e. The maximum atomic E-state index is 13.0. The van der Waals surface area contributed by atoms with E-state index in [0.29, 0.717) is 26.1 Å². The standard InChI is InChI=1S/C22H23NO3/c24-21-18-11-17(12-19(21)14-26-13-18)22(25)23-20(15-7-3-1-4-8-15)16-9-5-2-6-10-16/h1-10,17-20H,11-14H2,(H,23,25). The van der Waals surface area contributed by atoms with Gasteiger partial charge >= 0.3 is 0 Å². The van der Waals surface area contributed by atoms with Gasteiger partial charge < -0.3 is 10.1 Å². The Balaban J connectivity index is 1.54. The number of hydrogen-bond acceptors (Lipinski definition) is 3. The summed E-state index contributed by atoms with van der Waals surface area (Å²) in [6, 6.07) is 19.8. The molecule has 1 saturated heterocycles. The Bertz CT molecular complexity index is 719. The molecule has 2 unspecified atom stereocenters. The Labute approximate surface area is 153 Å². The van der Waals surface area contributed by atoms with Gasteiger partial charge in [0.25, 0.3) is 0 Å². The van der Waals surface area contributed by atoms with Crippen LogP contribution in [0.1, 0.15) is 30.0 Å². The van der Waals surface area contributed by atoms with Crippen molar-refractivity contribution in [3.63, 3.8) is 0 Å². The number of amides is 1. The molecule has 1 N–H and O–H groups in total. The fraction of sp³-hybridized carbons (Fsp3) is 0.364. The quantitative estimate of drug-likeness (QED) is 0.923. The lowest BCUT2D eigenvalue weighted by Gasteiger charge is -2.37. The van der Waals surface area contributed by atoms with E-state index in [1.807, 2.05) is 60.7 Å². The number of carbonyl (C=O) groups excluding carboxylic acids is 2. The van der Waals surface area contributed by atoms with Gasteiger partial charge in [-0.2, -0.15) is 0 Å². The lowest BCUT2D eigenvalue weighted by molar-refractivity contribution is -0.146. The van der Waals surface area contributed by atoms with E-state index in [-0.39, 0.29) is 35.5 Å². The van der Waals surface area contributed by atoms with Crippen molar-refractivity contribution in [3.05, 3.63) is 71.8 Å². The molecule has 4 heteroatoms. The number of hydrogen-bond donors (Lipinski definition) is 1. The summed E-state index contributed by atoms with van der Waals surface area (Å²) in [6.45, 7) is 0.916. The van der Waals surface area contributed by atoms with Crippen LogP contribution in [0.2, 0.25) is 0 Å². The van der Waals surface area contributed by atoms with Crippen LogP contribution < -0.4 is 5.32 Å². The second-order valence-corrected chi connectivity index (χ2v) is 7.26. The zero-order valence-corrected chi connectivity index (χ0v) is 14.6. The van der Waals surface area contributed by atoms with Crippen molar-refractivity contribution in [3.8, 4) is 0 Å². The molecule has 0 radical (unpaired) electrons. The first-order chi connectivity index (χ1) is 12.7. The van der Waals surface area contributed by atoms with E-state index in [2.05, 4.69) is 5.32 Å². The fourth-order valence-electron chi connectivity index (χ4n) is 4.13. The first-order valence-electron chi connectivity index (χ1n) is 9.24. The third-order valence-electron chi connectivity index (χ3n) is 5.50. The molecule has 1 amide bonds. The normalized spacial score (nSPS) is 25.1. The summed E-state index contributed by atoms with van der Waals surface area (Å²) in [4.78, 5) is 25.3. The first kappa shape index (κ1) is 17.0. The van der Waals surface area contributed by atoms with Crippen molar-refractivity contribution in [2.24, 2.45) is 17.8 Å². The van der Waals surface area contributed by atoms with Crippen molar-refractivity contribution in [2.75, 3.05) is 13.2 Å². The Morgan fingerprint density at radius 3 is 1.88 bits per heavy atom. The summed E-state index contributed by atoms with van der Waals surface area (Å²) in [7, 11) is 0. The molecular weight excluding hydrogens is 326 g/mol. The number of carbonyl (C=O) groups is 2. The third kappa shape index (κ3) is 3.42. The lowest BCUT2D eigenvalue weighted by Crippen LogP contribution is -2.47. The van der Waals surface area contributed by atoms with Gasteiger partial charge in [-0.1, -0.05) is 60.7 Å². The average Bonchev–Trinajstić information content (AvgIpc) is 2.67. The first-order valence-corrected chi connectivity index (χ1v) is 9.24. The van der Waals surface area contributed by atoms with E-state index in [4.69, 9.17) is 4.74 Å². The summed E-state index contributed by atoms with van der Waals surface area (Å²) >= 11 is 0. The van der Waals surface area contributed by atoms with Crippen LogP contribution >= 0.6 is 0 Å². The van der Waals surface area contributed by atoms with Crippen LogP contribution in [-0.4, -0.2) is 24.9 Å². The molecule has 1 heterocycles. The average molecular weight is 349 g/mol. The number of ketones is 1. The lowest BCUT2D eigenvalue weighted by atomic mass is 9.73. The highest BCUT2D eigenvalue weighted by Gasteiger charge is 2.42. The van der Waals surface area contributed by atoms with Crippen LogP contribution in [0.3, 0.4) is 0 Å². The maximum Gasteiger partial charge on any atom is 0.223 e. The summed E-state index contributed by atoms with van der Waals surface area (Å²) in [5.41, 5.74) is 2.12. The van der Waals surface area contributed by atoms with Crippen molar-refractivity contribution in [1.82, 2.24) is 5.32 Å². The fourth-order valence-corrected chi connectivity index (χ4v) is 4.13. The molecule has 26 heavy (non-hydrogen) atoms. The van der Waals surface area contributed by atoms with Gasteiger partial charge in [-0.3, -0.25) is 9.59 Å². The van der Waals surface area contributed by atoms with Crippen LogP contribution in [-0.2, 0) is 14.3 Å². The van der Waals surface area contributed by atoms with Gasteiger partial charge in [-0.15, -0.1) is 0 Å². The van der Waals surface area contributed by atoms with E-state index in [0.717, 1.165) is 11.1 Å². The monoisotopic (exact) mass is 349 g/mol. The summed E-state index contributed by atoms with van der Waals surface area (Å²) in [5, 5.41) is 3.23. The smallest absolute Gasteiger partial charge is 0.223 e. The second-order valence-electron chi connectivity index (χ2n) is 7.26. The molecule has 2 aromatic carbocycles. The molecule has 1 aliphatic heterocycles. The van der Waals surface area contributed by atoms with E-state index < -0.39 is 0 Å². The predicted octanol–water partition coefficient (Wildman–Crippen LogP) is 3.13. The molecule has 2 fully saturated rings. The zero-order valence-electron chi connectivity index (χ0n) is 14.6. The van der Waals surface area contributed by atoms with Crippen molar-refractivity contribution >= 4 is 11.7 Å². The van der Waals surface area contributed by atoms with Crippen LogP contribution in [0.5, 0.6) is 0 Å². The molecule has 4 nitrogen and oxygen atoms in total. The summed E-state index contributed by atoms with van der Waals surface area (Å²) in [5.74, 6) is -0.0492.